The van der Waals surface area contributed by atoms with Gasteiger partial charge in [0.05, 0.1) is 11.0 Å². The summed E-state index contributed by atoms with van der Waals surface area (Å²) in [5.41, 5.74) is 0.995. The number of para-hydroxylation sites is 1. The standard InChI is InChI=1S/C13H8N2O/c1-2-4-10-8(3-1)9-5-13-12(14-7-16-13)6-11(9)15-10/h1-6H,7H2. The van der Waals surface area contributed by atoms with Crippen LogP contribution in [0.1, 0.15) is 0 Å². The van der Waals surface area contributed by atoms with Crippen molar-refractivity contribution >= 4 is 5.69 Å². The van der Waals surface area contributed by atoms with E-state index in [0.717, 1.165) is 27.4 Å². The van der Waals surface area contributed by atoms with Crippen molar-refractivity contribution in [3.05, 3.63) is 57.5 Å². The fraction of sp³-hybridized carbons (Fsp3) is 0.0769. The van der Waals surface area contributed by atoms with Crippen LogP contribution in [0.25, 0.3) is 0 Å². The first kappa shape index (κ1) is 8.05. The number of hydrogen-bond acceptors (Lipinski definition) is 3. The second-order valence-electron chi connectivity index (χ2n) is 3.90. The van der Waals surface area contributed by atoms with Gasteiger partial charge in [-0.15, -0.1) is 0 Å². The van der Waals surface area contributed by atoms with Crippen molar-refractivity contribution in [2.45, 2.75) is 0 Å². The van der Waals surface area contributed by atoms with E-state index >= 15 is 0 Å². The van der Waals surface area contributed by atoms with Crippen LogP contribution in [-0.2, 0) is 0 Å². The van der Waals surface area contributed by atoms with E-state index in [0.29, 0.717) is 6.73 Å². The fourth-order valence-corrected chi connectivity index (χ4v) is 2.20. The maximum Gasteiger partial charge on any atom is 0.180 e. The van der Waals surface area contributed by atoms with E-state index < -0.39 is 0 Å². The SMILES string of the molecule is c1ccc2c(c1)=Nc1cc3c(cc1=2)OCN=3. The lowest BCUT2D eigenvalue weighted by Crippen LogP contribution is -1.97. The highest BCUT2D eigenvalue weighted by Gasteiger charge is 2.10. The molecule has 0 aromatic heterocycles. The Morgan fingerprint density at radius 1 is 1.00 bits per heavy atom. The molecule has 0 saturated carbocycles. The van der Waals surface area contributed by atoms with Gasteiger partial charge < -0.3 is 4.74 Å². The molecule has 2 aromatic rings. The Kier molecular flexibility index (Phi) is 1.36. The summed E-state index contributed by atoms with van der Waals surface area (Å²) < 4.78 is 5.43. The molecule has 0 radical (unpaired) electrons. The van der Waals surface area contributed by atoms with Gasteiger partial charge in [-0.3, -0.25) is 0 Å². The van der Waals surface area contributed by atoms with Crippen LogP contribution in [-0.4, -0.2) is 6.73 Å². The minimum atomic E-state index is 0.430. The predicted molar refractivity (Wildman–Crippen MR) is 58.0 cm³/mol. The van der Waals surface area contributed by atoms with Crippen molar-refractivity contribution in [2.24, 2.45) is 9.98 Å². The van der Waals surface area contributed by atoms with Gasteiger partial charge in [0, 0.05) is 10.4 Å². The maximum atomic E-state index is 5.43. The summed E-state index contributed by atoms with van der Waals surface area (Å²) in [4.78, 5) is 8.83. The van der Waals surface area contributed by atoms with Crippen LogP contribution in [0, 0.1) is 10.4 Å². The summed E-state index contributed by atoms with van der Waals surface area (Å²) in [5.74, 6) is 0.866. The summed E-state index contributed by atoms with van der Waals surface area (Å²) in [6.45, 7) is 0.430. The van der Waals surface area contributed by atoms with Crippen molar-refractivity contribution in [1.82, 2.24) is 0 Å². The van der Waals surface area contributed by atoms with Gasteiger partial charge in [-0.25, -0.2) is 9.98 Å². The lowest BCUT2D eigenvalue weighted by Gasteiger charge is -1.95. The molecule has 0 fully saturated rings. The van der Waals surface area contributed by atoms with Gasteiger partial charge in [-0.05, 0) is 18.2 Å². The van der Waals surface area contributed by atoms with Gasteiger partial charge in [0.2, 0.25) is 0 Å². The van der Waals surface area contributed by atoms with Crippen molar-refractivity contribution < 1.29 is 4.74 Å². The zero-order valence-electron chi connectivity index (χ0n) is 8.47. The first-order valence-corrected chi connectivity index (χ1v) is 5.21. The van der Waals surface area contributed by atoms with Crippen LogP contribution >= 0.6 is 0 Å². The molecule has 3 heteroatoms. The van der Waals surface area contributed by atoms with E-state index in [4.69, 9.17) is 4.74 Å². The number of rotatable bonds is 0. The number of fused-ring (bicyclic) bond motifs is 3. The molecule has 0 saturated heterocycles. The van der Waals surface area contributed by atoms with Crippen LogP contribution in [0.2, 0.25) is 0 Å². The molecule has 0 atom stereocenters. The molecule has 16 heavy (non-hydrogen) atoms. The molecule has 4 rings (SSSR count). The van der Waals surface area contributed by atoms with Gasteiger partial charge in [-0.1, -0.05) is 18.2 Å². The third-order valence-corrected chi connectivity index (χ3v) is 2.97. The van der Waals surface area contributed by atoms with Crippen molar-refractivity contribution in [2.75, 3.05) is 6.73 Å². The molecule has 0 bridgehead atoms. The first-order valence-electron chi connectivity index (χ1n) is 5.21. The summed E-state index contributed by atoms with van der Waals surface area (Å²) in [7, 11) is 0. The molecule has 3 nitrogen and oxygen atoms in total. The zero-order valence-corrected chi connectivity index (χ0v) is 8.47. The highest BCUT2D eigenvalue weighted by molar-refractivity contribution is 5.47. The Morgan fingerprint density at radius 3 is 2.94 bits per heavy atom. The van der Waals surface area contributed by atoms with E-state index in [2.05, 4.69) is 16.1 Å². The Labute approximate surface area is 91.1 Å². The van der Waals surface area contributed by atoms with Gasteiger partial charge >= 0.3 is 0 Å². The van der Waals surface area contributed by atoms with E-state index in [1.807, 2.05) is 30.3 Å². The molecule has 2 aliphatic heterocycles. The van der Waals surface area contributed by atoms with Gasteiger partial charge in [0.1, 0.15) is 11.1 Å². The predicted octanol–water partition coefficient (Wildman–Crippen LogP) is 1.21. The van der Waals surface area contributed by atoms with Gasteiger partial charge in [0.25, 0.3) is 0 Å². The average Bonchev–Trinajstić information content (AvgIpc) is 2.88. The average molecular weight is 208 g/mol. The second-order valence-corrected chi connectivity index (χ2v) is 3.90. The van der Waals surface area contributed by atoms with Gasteiger partial charge in [-0.2, -0.15) is 0 Å². The second kappa shape index (κ2) is 2.70. The topological polar surface area (TPSA) is 34.0 Å². The molecule has 2 heterocycles. The van der Waals surface area contributed by atoms with Crippen LogP contribution < -0.4 is 15.5 Å². The number of ether oxygens (including phenoxy) is 1. The number of hydrogen-bond donors (Lipinski definition) is 0. The van der Waals surface area contributed by atoms with E-state index in [-0.39, 0.29) is 0 Å². The van der Waals surface area contributed by atoms with Crippen LogP contribution in [0.3, 0.4) is 0 Å². The summed E-state index contributed by atoms with van der Waals surface area (Å²) in [5, 5.41) is 4.26. The smallest absolute Gasteiger partial charge is 0.180 e. The molecule has 0 unspecified atom stereocenters. The molecule has 0 aliphatic carbocycles. The Morgan fingerprint density at radius 2 is 1.94 bits per heavy atom. The molecule has 0 amide bonds. The van der Waals surface area contributed by atoms with Crippen LogP contribution in [0.15, 0.2) is 46.4 Å². The Bertz CT molecular complexity index is 809. The molecular formula is C13H8N2O. The monoisotopic (exact) mass is 208 g/mol. The highest BCUT2D eigenvalue weighted by atomic mass is 16.5. The molecule has 2 aromatic carbocycles. The summed E-state index contributed by atoms with van der Waals surface area (Å²) in [6, 6.07) is 12.2. The van der Waals surface area contributed by atoms with Gasteiger partial charge in [0.15, 0.2) is 6.73 Å². The normalized spacial score (nSPS) is 14.2. The molecule has 0 N–H and O–H groups in total. The third kappa shape index (κ3) is 0.922. The number of benzene rings is 2. The maximum absolute atomic E-state index is 5.43. The molecule has 2 aliphatic rings. The number of nitrogens with zero attached hydrogens (tertiary/aromatic N) is 2. The van der Waals surface area contributed by atoms with Crippen LogP contribution in [0.5, 0.6) is 5.75 Å². The minimum absolute atomic E-state index is 0.430. The van der Waals surface area contributed by atoms with E-state index in [9.17, 15) is 0 Å². The summed E-state index contributed by atoms with van der Waals surface area (Å²) in [6.07, 6.45) is 0. The lowest BCUT2D eigenvalue weighted by molar-refractivity contribution is 0.352. The molecule has 76 valence electrons. The van der Waals surface area contributed by atoms with Crippen molar-refractivity contribution in [3.63, 3.8) is 0 Å². The zero-order chi connectivity index (χ0) is 10.5. The van der Waals surface area contributed by atoms with E-state index in [1.165, 1.54) is 5.22 Å². The first-order chi connectivity index (χ1) is 7.92. The van der Waals surface area contributed by atoms with Crippen molar-refractivity contribution in [1.29, 1.82) is 0 Å². The summed E-state index contributed by atoms with van der Waals surface area (Å²) >= 11 is 0. The third-order valence-electron chi connectivity index (χ3n) is 2.97. The fourth-order valence-electron chi connectivity index (χ4n) is 2.20. The Balaban J connectivity index is 2.28. The largest absolute Gasteiger partial charge is 0.469 e. The van der Waals surface area contributed by atoms with Crippen molar-refractivity contribution in [3.8, 4) is 5.75 Å². The highest BCUT2D eigenvalue weighted by Crippen LogP contribution is 2.20. The van der Waals surface area contributed by atoms with Crippen LogP contribution in [0.4, 0.5) is 5.69 Å². The van der Waals surface area contributed by atoms with E-state index in [1.54, 1.807) is 0 Å². The molecule has 0 spiro atoms. The lowest BCUT2D eigenvalue weighted by atomic mass is 10.2. The minimum Gasteiger partial charge on any atom is -0.469 e. The quantitative estimate of drug-likeness (QED) is 0.546. The molecular weight excluding hydrogens is 200 g/mol. The Hall–Kier alpha value is -2.16.